The molecule has 1 saturated carbocycles. The van der Waals surface area contributed by atoms with Crippen molar-refractivity contribution in [1.82, 2.24) is 14.7 Å². The summed E-state index contributed by atoms with van der Waals surface area (Å²) in [5.74, 6) is 1.14. The summed E-state index contributed by atoms with van der Waals surface area (Å²) in [5, 5.41) is 15.1. The van der Waals surface area contributed by atoms with Crippen LogP contribution in [-0.2, 0) is 13.6 Å². The van der Waals surface area contributed by atoms with E-state index in [-0.39, 0.29) is 6.10 Å². The minimum atomic E-state index is -0.0938. The summed E-state index contributed by atoms with van der Waals surface area (Å²) in [7, 11) is 1.94. The molecule has 1 aliphatic carbocycles. The van der Waals surface area contributed by atoms with Crippen molar-refractivity contribution in [3.05, 3.63) is 16.4 Å². The molecule has 18 heavy (non-hydrogen) atoms. The summed E-state index contributed by atoms with van der Waals surface area (Å²) in [6.45, 7) is 4.86. The molecule has 1 aromatic heterocycles. The van der Waals surface area contributed by atoms with Crippen LogP contribution in [0.4, 0.5) is 0 Å². The van der Waals surface area contributed by atoms with Gasteiger partial charge in [-0.2, -0.15) is 5.10 Å². The van der Waals surface area contributed by atoms with Gasteiger partial charge in [0.1, 0.15) is 0 Å². The molecule has 0 bridgehead atoms. The van der Waals surface area contributed by atoms with Crippen molar-refractivity contribution in [2.45, 2.75) is 32.4 Å². The van der Waals surface area contributed by atoms with Crippen LogP contribution in [0.25, 0.3) is 0 Å². The van der Waals surface area contributed by atoms with Gasteiger partial charge in [-0.1, -0.05) is 11.6 Å². The Morgan fingerprint density at radius 3 is 2.78 bits per heavy atom. The number of hydrogen-bond donors (Lipinski definition) is 1. The van der Waals surface area contributed by atoms with Crippen molar-refractivity contribution in [3.8, 4) is 0 Å². The van der Waals surface area contributed by atoms with Crippen molar-refractivity contribution in [2.24, 2.45) is 18.9 Å². The van der Waals surface area contributed by atoms with Crippen molar-refractivity contribution < 1.29 is 5.11 Å². The van der Waals surface area contributed by atoms with Crippen LogP contribution in [0.5, 0.6) is 0 Å². The highest BCUT2D eigenvalue weighted by Crippen LogP contribution is 2.38. The average Bonchev–Trinajstić information content (AvgIpc) is 2.93. The van der Waals surface area contributed by atoms with Crippen LogP contribution < -0.4 is 0 Å². The van der Waals surface area contributed by atoms with E-state index in [0.717, 1.165) is 42.5 Å². The van der Waals surface area contributed by atoms with E-state index in [1.807, 2.05) is 18.7 Å². The van der Waals surface area contributed by atoms with E-state index in [9.17, 15) is 5.11 Å². The molecule has 1 saturated heterocycles. The highest BCUT2D eigenvalue weighted by molar-refractivity contribution is 6.31. The normalized spacial score (nSPS) is 32.1. The maximum Gasteiger partial charge on any atom is 0.0860 e. The van der Waals surface area contributed by atoms with Gasteiger partial charge >= 0.3 is 0 Å². The molecule has 3 rings (SSSR count). The molecule has 4 nitrogen and oxygen atoms in total. The van der Waals surface area contributed by atoms with Crippen LogP contribution in [-0.4, -0.2) is 39.0 Å². The third-order valence-corrected chi connectivity index (χ3v) is 5.02. The molecule has 3 unspecified atom stereocenters. The zero-order valence-corrected chi connectivity index (χ0v) is 11.7. The molecular weight excluding hydrogens is 250 g/mol. The largest absolute Gasteiger partial charge is 0.393 e. The van der Waals surface area contributed by atoms with Gasteiger partial charge in [0.15, 0.2) is 0 Å². The second kappa shape index (κ2) is 4.51. The number of aryl methyl sites for hydroxylation is 2. The molecule has 0 radical (unpaired) electrons. The molecule has 2 aliphatic rings. The summed E-state index contributed by atoms with van der Waals surface area (Å²) in [4.78, 5) is 2.40. The first kappa shape index (κ1) is 12.5. The van der Waals surface area contributed by atoms with E-state index >= 15 is 0 Å². The van der Waals surface area contributed by atoms with Crippen LogP contribution >= 0.6 is 11.6 Å². The lowest BCUT2D eigenvalue weighted by molar-refractivity contribution is 0.123. The monoisotopic (exact) mass is 269 g/mol. The highest BCUT2D eigenvalue weighted by Gasteiger charge is 2.41. The lowest BCUT2D eigenvalue weighted by Crippen LogP contribution is -2.25. The Morgan fingerprint density at radius 2 is 2.17 bits per heavy atom. The SMILES string of the molecule is Cc1nn(C)c(CN2CC3CCC(O)C3C2)c1Cl. The van der Waals surface area contributed by atoms with Crippen LogP contribution in [0.2, 0.25) is 5.02 Å². The molecule has 1 aromatic rings. The average molecular weight is 270 g/mol. The molecule has 0 aromatic carbocycles. The second-order valence-corrected chi connectivity index (χ2v) is 6.11. The first-order valence-electron chi connectivity index (χ1n) is 6.64. The molecule has 0 amide bonds. The van der Waals surface area contributed by atoms with Gasteiger partial charge in [-0.25, -0.2) is 0 Å². The molecule has 3 atom stereocenters. The number of aliphatic hydroxyl groups is 1. The van der Waals surface area contributed by atoms with E-state index in [1.54, 1.807) is 0 Å². The zero-order valence-electron chi connectivity index (χ0n) is 10.9. The van der Waals surface area contributed by atoms with E-state index in [0.29, 0.717) is 11.8 Å². The number of rotatable bonds is 2. The fourth-order valence-electron chi connectivity index (χ4n) is 3.52. The minimum absolute atomic E-state index is 0.0938. The Hall–Kier alpha value is -0.580. The molecule has 100 valence electrons. The van der Waals surface area contributed by atoms with Crippen molar-refractivity contribution in [3.63, 3.8) is 0 Å². The summed E-state index contributed by atoms with van der Waals surface area (Å²) in [5.41, 5.74) is 1.98. The predicted octanol–water partition coefficient (Wildman–Crippen LogP) is 1.58. The van der Waals surface area contributed by atoms with Gasteiger partial charge in [-0.15, -0.1) is 0 Å². The van der Waals surface area contributed by atoms with Crippen LogP contribution in [0.3, 0.4) is 0 Å². The Labute approximate surface area is 113 Å². The van der Waals surface area contributed by atoms with Gasteiger partial charge in [0.05, 0.1) is 22.5 Å². The fourth-order valence-corrected chi connectivity index (χ4v) is 3.74. The lowest BCUT2D eigenvalue weighted by atomic mass is 10.00. The van der Waals surface area contributed by atoms with E-state index in [4.69, 9.17) is 11.6 Å². The number of fused-ring (bicyclic) bond motifs is 1. The molecule has 2 heterocycles. The summed E-state index contributed by atoms with van der Waals surface area (Å²) in [6, 6.07) is 0. The topological polar surface area (TPSA) is 41.3 Å². The molecular formula is C13H20ClN3O. The third kappa shape index (κ3) is 1.96. The number of hydrogen-bond acceptors (Lipinski definition) is 3. The minimum Gasteiger partial charge on any atom is -0.393 e. The third-order valence-electron chi connectivity index (χ3n) is 4.53. The molecule has 2 fully saturated rings. The summed E-state index contributed by atoms with van der Waals surface area (Å²) >= 11 is 6.28. The number of aromatic nitrogens is 2. The summed E-state index contributed by atoms with van der Waals surface area (Å²) in [6.07, 6.45) is 2.05. The Kier molecular flexibility index (Phi) is 3.12. The predicted molar refractivity (Wildman–Crippen MR) is 70.5 cm³/mol. The number of likely N-dealkylation sites (tertiary alicyclic amines) is 1. The molecule has 1 aliphatic heterocycles. The summed E-state index contributed by atoms with van der Waals surface area (Å²) < 4.78 is 1.88. The smallest absolute Gasteiger partial charge is 0.0860 e. The van der Waals surface area contributed by atoms with E-state index < -0.39 is 0 Å². The molecule has 5 heteroatoms. The zero-order chi connectivity index (χ0) is 12.9. The lowest BCUT2D eigenvalue weighted by Gasteiger charge is -2.18. The maximum atomic E-state index is 9.93. The van der Waals surface area contributed by atoms with Gasteiger partial charge < -0.3 is 5.11 Å². The number of nitrogens with zero attached hydrogens (tertiary/aromatic N) is 3. The van der Waals surface area contributed by atoms with Crippen molar-refractivity contribution in [1.29, 1.82) is 0 Å². The van der Waals surface area contributed by atoms with Gasteiger partial charge in [0, 0.05) is 32.6 Å². The number of aliphatic hydroxyl groups excluding tert-OH is 1. The molecule has 1 N–H and O–H groups in total. The standard InChI is InChI=1S/C13H20ClN3O/c1-8-13(14)11(16(2)15-8)7-17-5-9-3-4-12(18)10(9)6-17/h9-10,12,18H,3-7H2,1-2H3. The highest BCUT2D eigenvalue weighted by atomic mass is 35.5. The van der Waals surface area contributed by atoms with Gasteiger partial charge in [-0.05, 0) is 25.7 Å². The fraction of sp³-hybridized carbons (Fsp3) is 0.769. The van der Waals surface area contributed by atoms with E-state index in [2.05, 4.69) is 10.00 Å². The molecule has 0 spiro atoms. The maximum absolute atomic E-state index is 9.93. The first-order valence-corrected chi connectivity index (χ1v) is 7.02. The Morgan fingerprint density at radius 1 is 1.39 bits per heavy atom. The van der Waals surface area contributed by atoms with Crippen LogP contribution in [0, 0.1) is 18.8 Å². The van der Waals surface area contributed by atoms with Gasteiger partial charge in [0.25, 0.3) is 0 Å². The number of halogens is 1. The van der Waals surface area contributed by atoms with Crippen molar-refractivity contribution >= 4 is 11.6 Å². The Balaban J connectivity index is 1.71. The van der Waals surface area contributed by atoms with Crippen molar-refractivity contribution in [2.75, 3.05) is 13.1 Å². The quantitative estimate of drug-likeness (QED) is 0.886. The van der Waals surface area contributed by atoms with Crippen LogP contribution in [0.1, 0.15) is 24.2 Å². The first-order chi connectivity index (χ1) is 8.56. The second-order valence-electron chi connectivity index (χ2n) is 5.73. The van der Waals surface area contributed by atoms with E-state index in [1.165, 1.54) is 6.42 Å². The van der Waals surface area contributed by atoms with Gasteiger partial charge in [-0.3, -0.25) is 9.58 Å². The Bertz CT molecular complexity index is 459. The van der Waals surface area contributed by atoms with Gasteiger partial charge in [0.2, 0.25) is 0 Å². The van der Waals surface area contributed by atoms with Crippen LogP contribution in [0.15, 0.2) is 0 Å².